The summed E-state index contributed by atoms with van der Waals surface area (Å²) >= 11 is 0. The van der Waals surface area contributed by atoms with E-state index in [2.05, 4.69) is 5.32 Å². The largest absolute Gasteiger partial charge is 0.459 e. The summed E-state index contributed by atoms with van der Waals surface area (Å²) in [6.45, 7) is 7.51. The van der Waals surface area contributed by atoms with Crippen molar-refractivity contribution in [2.24, 2.45) is 11.3 Å². The van der Waals surface area contributed by atoms with Gasteiger partial charge in [-0.2, -0.15) is 0 Å². The van der Waals surface area contributed by atoms with Gasteiger partial charge in [0, 0.05) is 0 Å². The first-order valence-corrected chi connectivity index (χ1v) is 9.60. The maximum atomic E-state index is 12.8. The standard InChI is InChI=1S/C21H32N2O5/c1-5-6-12-17(13-23(27)15-24)19(25)22-18(21(2,3)4)20(26)28-14-16-10-8-7-9-11-16/h7-11,15,17-18,27H,5-6,12-14H2,1-4H3,(H,22,25)/t17-,18-/m1/s1. The number of rotatable bonds is 11. The van der Waals surface area contributed by atoms with Crippen LogP contribution in [0.3, 0.4) is 0 Å². The Balaban J connectivity index is 2.82. The number of hydrogen-bond donors (Lipinski definition) is 2. The molecule has 1 aromatic carbocycles. The van der Waals surface area contributed by atoms with Gasteiger partial charge in [-0.3, -0.25) is 14.8 Å². The number of esters is 1. The first kappa shape index (κ1) is 23.6. The molecule has 0 aliphatic heterocycles. The third-order valence-electron chi connectivity index (χ3n) is 4.42. The van der Waals surface area contributed by atoms with E-state index in [9.17, 15) is 19.6 Å². The number of benzene rings is 1. The van der Waals surface area contributed by atoms with Crippen molar-refractivity contribution in [1.29, 1.82) is 0 Å². The van der Waals surface area contributed by atoms with Gasteiger partial charge in [-0.05, 0) is 17.4 Å². The average molecular weight is 392 g/mol. The van der Waals surface area contributed by atoms with Crippen LogP contribution >= 0.6 is 0 Å². The monoisotopic (exact) mass is 392 g/mol. The molecule has 0 heterocycles. The number of hydroxylamine groups is 2. The van der Waals surface area contributed by atoms with Crippen molar-refractivity contribution in [2.75, 3.05) is 6.54 Å². The number of carbonyl (C=O) groups is 3. The van der Waals surface area contributed by atoms with E-state index in [1.807, 2.05) is 58.0 Å². The lowest BCUT2D eigenvalue weighted by Crippen LogP contribution is -2.52. The lowest BCUT2D eigenvalue weighted by atomic mass is 9.86. The molecule has 2 atom stereocenters. The van der Waals surface area contributed by atoms with E-state index in [4.69, 9.17) is 4.74 Å². The van der Waals surface area contributed by atoms with Gasteiger partial charge >= 0.3 is 5.97 Å². The van der Waals surface area contributed by atoms with Gasteiger partial charge in [0.2, 0.25) is 12.3 Å². The fourth-order valence-electron chi connectivity index (χ4n) is 2.73. The minimum atomic E-state index is -0.851. The topological polar surface area (TPSA) is 95.9 Å². The SMILES string of the molecule is CCCC[C@H](CN(O)C=O)C(=O)N[C@H](C(=O)OCc1ccccc1)C(C)(C)C. The van der Waals surface area contributed by atoms with E-state index in [0.29, 0.717) is 11.5 Å². The number of nitrogens with zero attached hydrogens (tertiary/aromatic N) is 1. The maximum absolute atomic E-state index is 12.8. The first-order chi connectivity index (χ1) is 13.2. The molecule has 0 saturated carbocycles. The molecule has 0 radical (unpaired) electrons. The predicted molar refractivity (Wildman–Crippen MR) is 105 cm³/mol. The molecule has 0 bridgehead atoms. The van der Waals surface area contributed by atoms with E-state index >= 15 is 0 Å². The van der Waals surface area contributed by atoms with Crippen LogP contribution in [0.15, 0.2) is 30.3 Å². The lowest BCUT2D eigenvalue weighted by Gasteiger charge is -2.31. The number of carbonyl (C=O) groups excluding carboxylic acids is 3. The molecule has 1 rings (SSSR count). The van der Waals surface area contributed by atoms with Gasteiger partial charge in [0.15, 0.2) is 0 Å². The van der Waals surface area contributed by atoms with E-state index < -0.39 is 23.3 Å². The normalized spacial score (nSPS) is 13.3. The first-order valence-electron chi connectivity index (χ1n) is 9.60. The fourth-order valence-corrected chi connectivity index (χ4v) is 2.73. The minimum absolute atomic E-state index is 0.120. The maximum Gasteiger partial charge on any atom is 0.329 e. The molecular weight excluding hydrogens is 360 g/mol. The van der Waals surface area contributed by atoms with Gasteiger partial charge in [0.05, 0.1) is 12.5 Å². The second-order valence-electron chi connectivity index (χ2n) is 7.97. The van der Waals surface area contributed by atoms with Gasteiger partial charge in [-0.15, -0.1) is 0 Å². The lowest BCUT2D eigenvalue weighted by molar-refractivity contribution is -0.157. The highest BCUT2D eigenvalue weighted by atomic mass is 16.5. The summed E-state index contributed by atoms with van der Waals surface area (Å²) in [5.41, 5.74) is 0.292. The Morgan fingerprint density at radius 3 is 2.43 bits per heavy atom. The van der Waals surface area contributed by atoms with Crippen molar-refractivity contribution < 1.29 is 24.3 Å². The molecule has 0 unspecified atom stereocenters. The Morgan fingerprint density at radius 1 is 1.25 bits per heavy atom. The van der Waals surface area contributed by atoms with E-state index in [1.165, 1.54) is 0 Å². The van der Waals surface area contributed by atoms with Gasteiger partial charge in [-0.25, -0.2) is 9.86 Å². The van der Waals surface area contributed by atoms with Gasteiger partial charge in [0.25, 0.3) is 0 Å². The van der Waals surface area contributed by atoms with Crippen LogP contribution in [0, 0.1) is 11.3 Å². The van der Waals surface area contributed by atoms with Gasteiger partial charge < -0.3 is 10.1 Å². The van der Waals surface area contributed by atoms with Crippen molar-refractivity contribution >= 4 is 18.3 Å². The molecule has 7 heteroatoms. The van der Waals surface area contributed by atoms with Crippen LogP contribution in [0.2, 0.25) is 0 Å². The molecule has 2 amide bonds. The summed E-state index contributed by atoms with van der Waals surface area (Å²) in [6.07, 6.45) is 2.41. The molecule has 0 aliphatic rings. The molecule has 0 fully saturated rings. The highest BCUT2D eigenvalue weighted by Crippen LogP contribution is 2.22. The number of ether oxygens (including phenoxy) is 1. The second kappa shape index (κ2) is 11.4. The minimum Gasteiger partial charge on any atom is -0.459 e. The van der Waals surface area contributed by atoms with Crippen molar-refractivity contribution in [3.05, 3.63) is 35.9 Å². The molecule has 7 nitrogen and oxygen atoms in total. The zero-order chi connectivity index (χ0) is 21.2. The summed E-state index contributed by atoms with van der Waals surface area (Å²) in [5.74, 6) is -1.51. The van der Waals surface area contributed by atoms with Crippen molar-refractivity contribution in [3.63, 3.8) is 0 Å². The molecule has 156 valence electrons. The van der Waals surface area contributed by atoms with Crippen molar-refractivity contribution in [3.8, 4) is 0 Å². The fraction of sp³-hybridized carbons (Fsp3) is 0.571. The Bertz CT molecular complexity index is 627. The zero-order valence-corrected chi connectivity index (χ0v) is 17.2. The van der Waals surface area contributed by atoms with Gasteiger partial charge in [-0.1, -0.05) is 70.9 Å². The molecule has 28 heavy (non-hydrogen) atoms. The number of hydrogen-bond acceptors (Lipinski definition) is 5. The van der Waals surface area contributed by atoms with Crippen LogP contribution in [-0.4, -0.2) is 41.1 Å². The quantitative estimate of drug-likeness (QED) is 0.261. The zero-order valence-electron chi connectivity index (χ0n) is 17.2. The van der Waals surface area contributed by atoms with Gasteiger partial charge in [0.1, 0.15) is 12.6 Å². The predicted octanol–water partition coefficient (Wildman–Crippen LogP) is 2.91. The Kier molecular flexibility index (Phi) is 9.65. The molecule has 1 aromatic rings. The van der Waals surface area contributed by atoms with Crippen LogP contribution in [0.4, 0.5) is 0 Å². The van der Waals surface area contributed by atoms with E-state index in [0.717, 1.165) is 18.4 Å². The van der Waals surface area contributed by atoms with Crippen LogP contribution in [0.1, 0.15) is 52.5 Å². The summed E-state index contributed by atoms with van der Waals surface area (Å²) in [5, 5.41) is 12.7. The number of unbranched alkanes of at least 4 members (excludes halogenated alkanes) is 1. The average Bonchev–Trinajstić information content (AvgIpc) is 2.66. The van der Waals surface area contributed by atoms with Crippen LogP contribution < -0.4 is 5.32 Å². The molecular formula is C21H32N2O5. The van der Waals surface area contributed by atoms with Crippen molar-refractivity contribution in [2.45, 2.75) is 59.6 Å². The third-order valence-corrected chi connectivity index (χ3v) is 4.42. The Hall–Kier alpha value is -2.41. The van der Waals surface area contributed by atoms with Crippen LogP contribution in [0.25, 0.3) is 0 Å². The molecule has 0 aliphatic carbocycles. The Labute approximate surface area is 167 Å². The summed E-state index contributed by atoms with van der Waals surface area (Å²) in [6, 6.07) is 8.46. The molecule has 0 saturated heterocycles. The van der Waals surface area contributed by atoms with E-state index in [-0.39, 0.29) is 25.5 Å². The summed E-state index contributed by atoms with van der Waals surface area (Å²) < 4.78 is 5.41. The molecule has 0 spiro atoms. The van der Waals surface area contributed by atoms with Crippen LogP contribution in [-0.2, 0) is 25.7 Å². The Morgan fingerprint density at radius 2 is 1.89 bits per heavy atom. The van der Waals surface area contributed by atoms with E-state index in [1.54, 1.807) is 0 Å². The number of amides is 2. The highest BCUT2D eigenvalue weighted by Gasteiger charge is 2.36. The van der Waals surface area contributed by atoms with Crippen LogP contribution in [0.5, 0.6) is 0 Å². The summed E-state index contributed by atoms with van der Waals surface area (Å²) in [4.78, 5) is 36.1. The summed E-state index contributed by atoms with van der Waals surface area (Å²) in [7, 11) is 0. The second-order valence-corrected chi connectivity index (χ2v) is 7.97. The van der Waals surface area contributed by atoms with Crippen molar-refractivity contribution in [1.82, 2.24) is 10.4 Å². The third kappa shape index (κ3) is 8.08. The highest BCUT2D eigenvalue weighted by molar-refractivity contribution is 5.86. The number of nitrogens with one attached hydrogen (secondary N) is 1. The molecule has 0 aromatic heterocycles. The smallest absolute Gasteiger partial charge is 0.329 e. The molecule has 2 N–H and O–H groups in total.